The standard InChI is InChI=1S/C15H20BrN3/c1-2-10-18-14(17)19-11-15(8-3-9-15)12-4-6-13(16)7-5-12/h2,4-7H,1,3,8-11H2,(H3,17,18,19). The number of guanidine groups is 1. The number of halogens is 1. The summed E-state index contributed by atoms with van der Waals surface area (Å²) in [6.07, 6.45) is 5.42. The molecular weight excluding hydrogens is 302 g/mol. The van der Waals surface area contributed by atoms with Crippen molar-refractivity contribution in [3.63, 3.8) is 0 Å². The first kappa shape index (κ1) is 14.1. The molecule has 0 heterocycles. The molecule has 0 aromatic heterocycles. The van der Waals surface area contributed by atoms with E-state index in [2.05, 4.69) is 57.1 Å². The lowest BCUT2D eigenvalue weighted by Crippen LogP contribution is -2.40. The molecule has 2 rings (SSSR count). The van der Waals surface area contributed by atoms with Crippen molar-refractivity contribution in [1.82, 2.24) is 5.32 Å². The lowest BCUT2D eigenvalue weighted by atomic mass is 9.64. The van der Waals surface area contributed by atoms with Gasteiger partial charge in [-0.2, -0.15) is 0 Å². The molecule has 19 heavy (non-hydrogen) atoms. The Bertz CT molecular complexity index is 461. The summed E-state index contributed by atoms with van der Waals surface area (Å²) < 4.78 is 1.11. The molecule has 0 radical (unpaired) electrons. The van der Waals surface area contributed by atoms with Gasteiger partial charge in [0, 0.05) is 16.4 Å². The van der Waals surface area contributed by atoms with Gasteiger partial charge in [0.1, 0.15) is 0 Å². The molecule has 1 saturated carbocycles. The van der Waals surface area contributed by atoms with Crippen molar-refractivity contribution in [2.75, 3.05) is 13.1 Å². The van der Waals surface area contributed by atoms with E-state index >= 15 is 0 Å². The molecule has 0 aliphatic heterocycles. The predicted molar refractivity (Wildman–Crippen MR) is 84.4 cm³/mol. The summed E-state index contributed by atoms with van der Waals surface area (Å²) in [4.78, 5) is 4.48. The van der Waals surface area contributed by atoms with Crippen LogP contribution in [0.15, 0.2) is 46.4 Å². The lowest BCUT2D eigenvalue weighted by molar-refractivity contribution is 0.253. The minimum atomic E-state index is 0.182. The van der Waals surface area contributed by atoms with Gasteiger partial charge in [-0.25, -0.2) is 0 Å². The fourth-order valence-electron chi connectivity index (χ4n) is 2.41. The third-order valence-corrected chi connectivity index (χ3v) is 4.28. The maximum Gasteiger partial charge on any atom is 0.188 e. The first-order chi connectivity index (χ1) is 9.16. The molecule has 1 aromatic carbocycles. The Morgan fingerprint density at radius 3 is 2.63 bits per heavy atom. The van der Waals surface area contributed by atoms with E-state index in [0.29, 0.717) is 12.5 Å². The molecule has 0 atom stereocenters. The summed E-state index contributed by atoms with van der Waals surface area (Å²) in [5.41, 5.74) is 7.38. The second-order valence-electron chi connectivity index (χ2n) is 5.01. The summed E-state index contributed by atoms with van der Waals surface area (Å²) >= 11 is 3.48. The van der Waals surface area contributed by atoms with Gasteiger partial charge < -0.3 is 11.1 Å². The molecule has 1 fully saturated rings. The maximum atomic E-state index is 5.83. The van der Waals surface area contributed by atoms with E-state index < -0.39 is 0 Å². The number of nitrogens with one attached hydrogen (secondary N) is 1. The van der Waals surface area contributed by atoms with E-state index in [1.165, 1.54) is 24.8 Å². The highest BCUT2D eigenvalue weighted by molar-refractivity contribution is 9.10. The molecule has 0 spiro atoms. The van der Waals surface area contributed by atoms with Gasteiger partial charge in [-0.15, -0.1) is 6.58 Å². The van der Waals surface area contributed by atoms with E-state index in [1.54, 1.807) is 6.08 Å². The Kier molecular flexibility index (Phi) is 4.64. The van der Waals surface area contributed by atoms with Crippen molar-refractivity contribution in [3.05, 3.63) is 47.0 Å². The van der Waals surface area contributed by atoms with E-state index in [9.17, 15) is 0 Å². The third kappa shape index (κ3) is 3.38. The van der Waals surface area contributed by atoms with Crippen molar-refractivity contribution < 1.29 is 0 Å². The number of hydrogen-bond donors (Lipinski definition) is 2. The van der Waals surface area contributed by atoms with Crippen molar-refractivity contribution >= 4 is 21.9 Å². The zero-order valence-corrected chi connectivity index (χ0v) is 12.6. The Labute approximate surface area is 123 Å². The minimum Gasteiger partial charge on any atom is -0.370 e. The van der Waals surface area contributed by atoms with Gasteiger partial charge in [0.25, 0.3) is 0 Å². The molecule has 102 valence electrons. The second kappa shape index (κ2) is 6.24. The van der Waals surface area contributed by atoms with Crippen LogP contribution in [0.1, 0.15) is 24.8 Å². The van der Waals surface area contributed by atoms with Gasteiger partial charge in [0.2, 0.25) is 0 Å². The highest BCUT2D eigenvalue weighted by Gasteiger charge is 2.38. The second-order valence-corrected chi connectivity index (χ2v) is 5.93. The largest absolute Gasteiger partial charge is 0.370 e. The Hall–Kier alpha value is -1.29. The molecule has 1 aliphatic rings. The zero-order chi connectivity index (χ0) is 13.7. The molecule has 1 aliphatic carbocycles. The SMILES string of the molecule is C=CCNC(N)=NCC1(c2ccc(Br)cc2)CCC1. The topological polar surface area (TPSA) is 50.4 Å². The van der Waals surface area contributed by atoms with Crippen molar-refractivity contribution in [2.45, 2.75) is 24.7 Å². The smallest absolute Gasteiger partial charge is 0.188 e. The summed E-state index contributed by atoms with van der Waals surface area (Å²) in [6.45, 7) is 5.06. The van der Waals surface area contributed by atoms with Gasteiger partial charge in [0.05, 0.1) is 6.54 Å². The zero-order valence-electron chi connectivity index (χ0n) is 11.0. The highest BCUT2D eigenvalue weighted by Crippen LogP contribution is 2.44. The summed E-state index contributed by atoms with van der Waals surface area (Å²) in [5, 5.41) is 3.02. The molecule has 0 bridgehead atoms. The van der Waals surface area contributed by atoms with Crippen LogP contribution < -0.4 is 11.1 Å². The van der Waals surface area contributed by atoms with Crippen LogP contribution in [0.5, 0.6) is 0 Å². The minimum absolute atomic E-state index is 0.182. The summed E-state index contributed by atoms with van der Waals surface area (Å²) in [6, 6.07) is 8.56. The Morgan fingerprint density at radius 2 is 2.11 bits per heavy atom. The fraction of sp³-hybridized carbons (Fsp3) is 0.400. The lowest BCUT2D eigenvalue weighted by Gasteiger charge is -2.41. The first-order valence-electron chi connectivity index (χ1n) is 6.57. The normalized spacial score (nSPS) is 17.6. The monoisotopic (exact) mass is 321 g/mol. The fourth-order valence-corrected chi connectivity index (χ4v) is 2.68. The number of benzene rings is 1. The Morgan fingerprint density at radius 1 is 1.42 bits per heavy atom. The average molecular weight is 322 g/mol. The van der Waals surface area contributed by atoms with E-state index in [-0.39, 0.29) is 5.41 Å². The number of aliphatic imine (C=N–C) groups is 1. The summed E-state index contributed by atoms with van der Waals surface area (Å²) in [7, 11) is 0. The van der Waals surface area contributed by atoms with Gasteiger partial charge >= 0.3 is 0 Å². The highest BCUT2D eigenvalue weighted by atomic mass is 79.9. The van der Waals surface area contributed by atoms with Crippen molar-refractivity contribution in [2.24, 2.45) is 10.7 Å². The quantitative estimate of drug-likeness (QED) is 0.497. The number of rotatable bonds is 5. The molecule has 0 amide bonds. The number of nitrogens with zero attached hydrogens (tertiary/aromatic N) is 1. The first-order valence-corrected chi connectivity index (χ1v) is 7.36. The predicted octanol–water partition coefficient (Wildman–Crippen LogP) is 2.96. The van der Waals surface area contributed by atoms with Crippen LogP contribution in [-0.2, 0) is 5.41 Å². The van der Waals surface area contributed by atoms with Crippen LogP contribution in [-0.4, -0.2) is 19.0 Å². The molecular formula is C15H20BrN3. The van der Waals surface area contributed by atoms with Gasteiger partial charge in [-0.1, -0.05) is 40.6 Å². The van der Waals surface area contributed by atoms with Crippen molar-refractivity contribution in [1.29, 1.82) is 0 Å². The molecule has 0 unspecified atom stereocenters. The van der Waals surface area contributed by atoms with Crippen LogP contribution >= 0.6 is 15.9 Å². The van der Waals surface area contributed by atoms with Gasteiger partial charge in [-0.05, 0) is 30.5 Å². The van der Waals surface area contributed by atoms with E-state index in [0.717, 1.165) is 11.0 Å². The molecule has 0 saturated heterocycles. The van der Waals surface area contributed by atoms with Crippen LogP contribution in [0.4, 0.5) is 0 Å². The third-order valence-electron chi connectivity index (χ3n) is 3.75. The van der Waals surface area contributed by atoms with E-state index in [1.807, 2.05) is 0 Å². The maximum absolute atomic E-state index is 5.83. The molecule has 3 N–H and O–H groups in total. The number of nitrogens with two attached hydrogens (primary N) is 1. The van der Waals surface area contributed by atoms with Crippen LogP contribution in [0, 0.1) is 0 Å². The summed E-state index contributed by atoms with van der Waals surface area (Å²) in [5.74, 6) is 0.503. The van der Waals surface area contributed by atoms with E-state index in [4.69, 9.17) is 5.73 Å². The average Bonchev–Trinajstić information content (AvgIpc) is 2.37. The molecule has 4 heteroatoms. The molecule has 3 nitrogen and oxygen atoms in total. The van der Waals surface area contributed by atoms with Crippen molar-refractivity contribution in [3.8, 4) is 0 Å². The van der Waals surface area contributed by atoms with Gasteiger partial charge in [-0.3, -0.25) is 4.99 Å². The Balaban J connectivity index is 2.06. The number of hydrogen-bond acceptors (Lipinski definition) is 1. The molecule has 1 aromatic rings. The van der Waals surface area contributed by atoms with Gasteiger partial charge in [0.15, 0.2) is 5.96 Å². The van der Waals surface area contributed by atoms with Crippen LogP contribution in [0.2, 0.25) is 0 Å². The van der Waals surface area contributed by atoms with Crippen LogP contribution in [0.3, 0.4) is 0 Å². The van der Waals surface area contributed by atoms with Crippen LogP contribution in [0.25, 0.3) is 0 Å².